The van der Waals surface area contributed by atoms with E-state index in [1.165, 1.54) is 7.11 Å². The molecule has 1 heterocycles. The molecule has 0 atom stereocenters. The highest BCUT2D eigenvalue weighted by molar-refractivity contribution is 5.96. The lowest BCUT2D eigenvalue weighted by Crippen LogP contribution is -2.34. The monoisotopic (exact) mass is 562 g/mol. The summed E-state index contributed by atoms with van der Waals surface area (Å²) in [6.07, 6.45) is 9.08. The molecule has 1 amide bonds. The van der Waals surface area contributed by atoms with E-state index in [2.05, 4.69) is 55.2 Å². The zero-order valence-corrected chi connectivity index (χ0v) is 25.6. The van der Waals surface area contributed by atoms with Crippen LogP contribution >= 0.6 is 0 Å². The lowest BCUT2D eigenvalue weighted by atomic mass is 10.1. The summed E-state index contributed by atoms with van der Waals surface area (Å²) in [6.45, 7) is 13.3. The molecule has 2 aromatic carbocycles. The highest BCUT2D eigenvalue weighted by Crippen LogP contribution is 2.26. The van der Waals surface area contributed by atoms with Crippen LogP contribution in [0.3, 0.4) is 0 Å². The van der Waals surface area contributed by atoms with Gasteiger partial charge in [-0.05, 0) is 74.1 Å². The van der Waals surface area contributed by atoms with Crippen LogP contribution in [0.1, 0.15) is 68.2 Å². The zero-order chi connectivity index (χ0) is 30.2. The molecule has 41 heavy (non-hydrogen) atoms. The number of hydrogen-bond donors (Lipinski definition) is 2. The van der Waals surface area contributed by atoms with Gasteiger partial charge in [-0.2, -0.15) is 0 Å². The smallest absolute Gasteiger partial charge is 0.337 e. The summed E-state index contributed by atoms with van der Waals surface area (Å²) < 4.78 is 6.72. The predicted molar refractivity (Wildman–Crippen MR) is 168 cm³/mol. The van der Waals surface area contributed by atoms with Crippen LogP contribution in [0.2, 0.25) is 0 Å². The third kappa shape index (κ3) is 11.5. The molecule has 1 aromatic heterocycles. The van der Waals surface area contributed by atoms with Gasteiger partial charge in [0.15, 0.2) is 0 Å². The van der Waals surface area contributed by atoms with Gasteiger partial charge < -0.3 is 24.8 Å². The van der Waals surface area contributed by atoms with Crippen LogP contribution in [0.4, 0.5) is 17.1 Å². The zero-order valence-electron chi connectivity index (χ0n) is 25.6. The predicted octanol–water partition coefficient (Wildman–Crippen LogP) is 6.72. The molecule has 0 spiro atoms. The van der Waals surface area contributed by atoms with Crippen LogP contribution in [0.5, 0.6) is 0 Å². The molecule has 0 aliphatic rings. The van der Waals surface area contributed by atoms with E-state index in [9.17, 15) is 9.59 Å². The Hall–Kier alpha value is -4.14. The maximum atomic E-state index is 13.3. The van der Waals surface area contributed by atoms with Crippen molar-refractivity contribution in [2.75, 3.05) is 37.9 Å². The van der Waals surface area contributed by atoms with Gasteiger partial charge in [0.2, 0.25) is 0 Å². The quantitative estimate of drug-likeness (QED) is 0.136. The number of aryl methyl sites for hydroxylation is 1. The van der Waals surface area contributed by atoms with Crippen molar-refractivity contribution in [3.8, 4) is 0 Å². The normalized spacial score (nSPS) is 10.9. The van der Waals surface area contributed by atoms with Crippen molar-refractivity contribution in [3.63, 3.8) is 0 Å². The van der Waals surface area contributed by atoms with Gasteiger partial charge in [-0.1, -0.05) is 27.7 Å². The molecule has 0 saturated heterocycles. The SMILES string of the molecule is CCn1ccnc1.CNc1cc(C(=O)N(CCC(C)C)CCC(C)C)ccc1N=CNc1ccc(C(=O)OC)cc1. The second kappa shape index (κ2) is 17.5. The van der Waals surface area contributed by atoms with Gasteiger partial charge in [-0.15, -0.1) is 0 Å². The fraction of sp³-hybridized carbons (Fsp3) is 0.438. The van der Waals surface area contributed by atoms with Crippen LogP contribution < -0.4 is 10.6 Å². The van der Waals surface area contributed by atoms with E-state index in [0.717, 1.165) is 43.9 Å². The summed E-state index contributed by atoms with van der Waals surface area (Å²) in [5.74, 6) is 0.767. The van der Waals surface area contributed by atoms with Crippen molar-refractivity contribution in [3.05, 3.63) is 72.3 Å². The average Bonchev–Trinajstić information content (AvgIpc) is 3.51. The third-order valence-electron chi connectivity index (χ3n) is 6.42. The molecule has 0 aliphatic carbocycles. The number of aromatic nitrogens is 2. The Kier molecular flexibility index (Phi) is 14.1. The van der Waals surface area contributed by atoms with Gasteiger partial charge in [-0.25, -0.2) is 14.8 Å². The van der Waals surface area contributed by atoms with Crippen molar-refractivity contribution >= 4 is 35.3 Å². The molecule has 9 heteroatoms. The van der Waals surface area contributed by atoms with E-state index >= 15 is 0 Å². The lowest BCUT2D eigenvalue weighted by molar-refractivity contribution is 0.0600. The van der Waals surface area contributed by atoms with Crippen LogP contribution in [-0.4, -0.2) is 59.9 Å². The first-order chi connectivity index (χ1) is 19.7. The van der Waals surface area contributed by atoms with Gasteiger partial charge in [-0.3, -0.25) is 4.79 Å². The van der Waals surface area contributed by atoms with Crippen molar-refractivity contribution in [1.82, 2.24) is 14.5 Å². The Morgan fingerprint density at radius 3 is 2.15 bits per heavy atom. The average molecular weight is 563 g/mol. The molecular formula is C32H46N6O3. The molecule has 0 saturated carbocycles. The number of aliphatic imine (C=N–C) groups is 1. The van der Waals surface area contributed by atoms with Crippen LogP contribution in [0.25, 0.3) is 0 Å². The molecular weight excluding hydrogens is 516 g/mol. The first-order valence-electron chi connectivity index (χ1n) is 14.2. The summed E-state index contributed by atoms with van der Waals surface area (Å²) in [5.41, 5.74) is 3.42. The second-order valence-electron chi connectivity index (χ2n) is 10.5. The number of ether oxygens (including phenoxy) is 1. The number of imidazole rings is 1. The Morgan fingerprint density at radius 2 is 1.66 bits per heavy atom. The van der Waals surface area contributed by atoms with E-state index in [1.807, 2.05) is 40.9 Å². The first kappa shape index (κ1) is 33.1. The maximum Gasteiger partial charge on any atom is 0.337 e. The van der Waals surface area contributed by atoms with Gasteiger partial charge in [0.1, 0.15) is 0 Å². The van der Waals surface area contributed by atoms with E-state index < -0.39 is 0 Å². The maximum absolute atomic E-state index is 13.3. The number of rotatable bonds is 13. The number of methoxy groups -OCH3 is 1. The minimum Gasteiger partial charge on any atom is -0.465 e. The number of nitrogens with one attached hydrogen (secondary N) is 2. The number of benzene rings is 2. The Labute approximate surface area is 245 Å². The molecule has 3 rings (SSSR count). The molecule has 0 radical (unpaired) electrons. The number of esters is 1. The Balaban J connectivity index is 0.000000729. The molecule has 0 bridgehead atoms. The molecule has 0 aliphatic heterocycles. The van der Waals surface area contributed by atoms with Gasteiger partial charge in [0, 0.05) is 50.3 Å². The molecule has 222 valence electrons. The number of nitrogens with zero attached hydrogens (tertiary/aromatic N) is 4. The summed E-state index contributed by atoms with van der Waals surface area (Å²) in [6, 6.07) is 12.5. The largest absolute Gasteiger partial charge is 0.465 e. The van der Waals surface area contributed by atoms with Crippen LogP contribution in [-0.2, 0) is 11.3 Å². The minimum atomic E-state index is -0.375. The van der Waals surface area contributed by atoms with Crippen molar-refractivity contribution < 1.29 is 14.3 Å². The molecule has 9 nitrogen and oxygen atoms in total. The summed E-state index contributed by atoms with van der Waals surface area (Å²) >= 11 is 0. The highest BCUT2D eigenvalue weighted by atomic mass is 16.5. The number of carbonyl (C=O) groups excluding carboxylic acids is 2. The van der Waals surface area contributed by atoms with Gasteiger partial charge in [0.25, 0.3) is 5.91 Å². The molecule has 2 N–H and O–H groups in total. The van der Waals surface area contributed by atoms with Crippen molar-refractivity contribution in [1.29, 1.82) is 0 Å². The lowest BCUT2D eigenvalue weighted by Gasteiger charge is -2.25. The van der Waals surface area contributed by atoms with E-state index in [1.54, 1.807) is 43.1 Å². The van der Waals surface area contributed by atoms with Gasteiger partial charge in [0.05, 0.1) is 36.7 Å². The summed E-state index contributed by atoms with van der Waals surface area (Å²) in [4.78, 5) is 35.1. The standard InChI is InChI=1S/C27H38N4O3.C5H8N2/c1-19(2)13-15-31(16-14-20(3)4)26(32)22-9-12-24(25(17-22)28-5)30-18-29-23-10-7-21(8-11-23)27(33)34-6;1-2-7-4-3-6-5-7/h7-12,17-20,28H,13-16H2,1-6H3,(H,29,30);3-5H,2H2,1H3. The van der Waals surface area contributed by atoms with E-state index in [4.69, 9.17) is 4.74 Å². The fourth-order valence-corrected chi connectivity index (χ4v) is 3.78. The summed E-state index contributed by atoms with van der Waals surface area (Å²) in [7, 11) is 3.17. The topological polar surface area (TPSA) is 101 Å². The van der Waals surface area contributed by atoms with E-state index in [0.29, 0.717) is 28.7 Å². The van der Waals surface area contributed by atoms with Gasteiger partial charge >= 0.3 is 5.97 Å². The van der Waals surface area contributed by atoms with Crippen molar-refractivity contribution in [2.24, 2.45) is 16.8 Å². The molecule has 3 aromatic rings. The number of carbonyl (C=O) groups is 2. The molecule has 0 unspecified atom stereocenters. The van der Waals surface area contributed by atoms with Crippen LogP contribution in [0.15, 0.2) is 66.2 Å². The van der Waals surface area contributed by atoms with E-state index in [-0.39, 0.29) is 11.9 Å². The van der Waals surface area contributed by atoms with Crippen molar-refractivity contribution in [2.45, 2.75) is 54.0 Å². The number of amides is 1. The highest BCUT2D eigenvalue weighted by Gasteiger charge is 2.18. The second-order valence-corrected chi connectivity index (χ2v) is 10.5. The Bertz CT molecular complexity index is 1210. The minimum absolute atomic E-state index is 0.0529. The fourth-order valence-electron chi connectivity index (χ4n) is 3.78. The summed E-state index contributed by atoms with van der Waals surface area (Å²) in [5, 5.41) is 6.23. The first-order valence-corrected chi connectivity index (χ1v) is 14.2. The third-order valence-corrected chi connectivity index (χ3v) is 6.42. The molecule has 0 fully saturated rings. The Morgan fingerprint density at radius 1 is 1.02 bits per heavy atom. The van der Waals surface area contributed by atoms with Crippen LogP contribution in [0, 0.1) is 11.8 Å². The number of hydrogen-bond acceptors (Lipinski definition) is 6. The number of anilines is 2.